The zero-order chi connectivity index (χ0) is 24.5. The molecule has 0 spiro atoms. The normalized spacial score (nSPS) is 48.8. The SMILES string of the molecule is CCCCC1CC(C23C[C@@H]4[C@H](C)CC[C@H]4C4(C=O)CC2C=C(C(C)C)C34C(=O)OC)OC1CI. The van der Waals surface area contributed by atoms with Crippen molar-refractivity contribution in [2.75, 3.05) is 11.5 Å². The van der Waals surface area contributed by atoms with Gasteiger partial charge in [0.15, 0.2) is 0 Å². The number of alkyl halides is 1. The second-order valence-electron chi connectivity index (χ2n) is 12.5. The lowest BCUT2D eigenvalue weighted by Crippen LogP contribution is -2.65. The third kappa shape index (κ3) is 2.86. The standard InChI is InChI=1S/C29H43IO4/c1-6-7-8-19-11-25(34-24(19)15-30)28-14-21-18(4)9-10-22(21)27(16-31)13-20(28)12-23(17(2)3)29(27,28)26(32)33-5/h12,16-22,24-25H,6-11,13-15H2,1-5H3/t18-,19?,20?,21-,22-,24?,25?,27?,28?,29?/m1/s1. The predicted octanol–water partition coefficient (Wildman–Crippen LogP) is 6.40. The number of carbonyl (C=O) groups is 2. The maximum absolute atomic E-state index is 14.2. The Bertz CT molecular complexity index is 868. The van der Waals surface area contributed by atoms with Crippen LogP contribution < -0.4 is 0 Å². The van der Waals surface area contributed by atoms with Gasteiger partial charge in [-0.2, -0.15) is 0 Å². The van der Waals surface area contributed by atoms with E-state index < -0.39 is 10.8 Å². The topological polar surface area (TPSA) is 52.6 Å². The summed E-state index contributed by atoms with van der Waals surface area (Å²) in [4.78, 5) is 27.6. The highest BCUT2D eigenvalue weighted by Gasteiger charge is 2.86. The minimum absolute atomic E-state index is 0.0151. The predicted molar refractivity (Wildman–Crippen MR) is 142 cm³/mol. The monoisotopic (exact) mass is 582 g/mol. The number of hydrogen-bond acceptors (Lipinski definition) is 4. The number of hydrogen-bond donors (Lipinski definition) is 0. The lowest BCUT2D eigenvalue weighted by atomic mass is 9.41. The van der Waals surface area contributed by atoms with Gasteiger partial charge in [-0.3, -0.25) is 4.79 Å². The van der Waals surface area contributed by atoms with E-state index in [0.717, 1.165) is 36.5 Å². The molecule has 0 aromatic carbocycles. The lowest BCUT2D eigenvalue weighted by molar-refractivity contribution is -0.199. The molecular formula is C29H43IO4. The summed E-state index contributed by atoms with van der Waals surface area (Å²) in [5.41, 5.74) is -0.712. The molecule has 1 saturated heterocycles. The van der Waals surface area contributed by atoms with E-state index in [9.17, 15) is 9.59 Å². The highest BCUT2D eigenvalue weighted by Crippen LogP contribution is 2.84. The number of ether oxygens (including phenoxy) is 2. The number of aldehydes is 1. The minimum Gasteiger partial charge on any atom is -0.468 e. The molecule has 0 radical (unpaired) electrons. The first-order valence-electron chi connectivity index (χ1n) is 13.8. The van der Waals surface area contributed by atoms with Gasteiger partial charge >= 0.3 is 5.97 Å². The molecular weight excluding hydrogens is 539 g/mol. The van der Waals surface area contributed by atoms with Gasteiger partial charge in [-0.15, -0.1) is 0 Å². The number of esters is 1. The van der Waals surface area contributed by atoms with Crippen molar-refractivity contribution >= 4 is 34.8 Å². The van der Waals surface area contributed by atoms with Crippen molar-refractivity contribution in [3.05, 3.63) is 11.6 Å². The minimum atomic E-state index is -0.874. The molecule has 5 rings (SSSR count). The molecule has 0 aromatic rings. The largest absolute Gasteiger partial charge is 0.468 e. The summed E-state index contributed by atoms with van der Waals surface area (Å²) in [5.74, 6) is 2.16. The number of unbranched alkanes of at least 4 members (excludes halogenated alkanes) is 1. The second kappa shape index (κ2) is 8.85. The fourth-order valence-electron chi connectivity index (χ4n) is 10.1. The van der Waals surface area contributed by atoms with Gasteiger partial charge in [0.2, 0.25) is 0 Å². The van der Waals surface area contributed by atoms with Crippen LogP contribution in [0.25, 0.3) is 0 Å². The second-order valence-corrected chi connectivity index (χ2v) is 13.4. The van der Waals surface area contributed by atoms with Crippen molar-refractivity contribution in [1.82, 2.24) is 0 Å². The van der Waals surface area contributed by atoms with E-state index >= 15 is 0 Å². The summed E-state index contributed by atoms with van der Waals surface area (Å²) in [6.07, 6.45) is 12.5. The lowest BCUT2D eigenvalue weighted by Gasteiger charge is -2.60. The zero-order valence-corrected chi connectivity index (χ0v) is 23.8. The van der Waals surface area contributed by atoms with Crippen LogP contribution in [0.5, 0.6) is 0 Å². The average Bonchev–Trinajstić information content (AvgIpc) is 3.54. The number of halogens is 1. The summed E-state index contributed by atoms with van der Waals surface area (Å²) in [7, 11) is 1.53. The molecule has 0 amide bonds. The van der Waals surface area contributed by atoms with Crippen LogP contribution in [0.15, 0.2) is 11.6 Å². The highest BCUT2D eigenvalue weighted by molar-refractivity contribution is 14.1. The van der Waals surface area contributed by atoms with Crippen molar-refractivity contribution in [3.8, 4) is 0 Å². The molecule has 190 valence electrons. The van der Waals surface area contributed by atoms with E-state index in [1.54, 1.807) is 0 Å². The van der Waals surface area contributed by atoms with E-state index in [0.29, 0.717) is 17.8 Å². The molecule has 4 bridgehead atoms. The van der Waals surface area contributed by atoms with Crippen LogP contribution in [0.2, 0.25) is 0 Å². The van der Waals surface area contributed by atoms with Crippen LogP contribution in [0.3, 0.4) is 0 Å². The van der Waals surface area contributed by atoms with Gasteiger partial charge in [0.25, 0.3) is 0 Å². The molecule has 5 heteroatoms. The van der Waals surface area contributed by atoms with Crippen molar-refractivity contribution < 1.29 is 19.1 Å². The third-order valence-corrected chi connectivity index (χ3v) is 12.1. The van der Waals surface area contributed by atoms with Crippen molar-refractivity contribution in [2.24, 2.45) is 51.8 Å². The number of carbonyl (C=O) groups excluding carboxylic acids is 2. The van der Waals surface area contributed by atoms with Gasteiger partial charge in [-0.25, -0.2) is 0 Å². The summed E-state index contributed by atoms with van der Waals surface area (Å²) < 4.78 is 13.7. The molecule has 1 heterocycles. The quantitative estimate of drug-likeness (QED) is 0.109. The Morgan fingerprint density at radius 3 is 2.71 bits per heavy atom. The smallest absolute Gasteiger partial charge is 0.317 e. The molecule has 3 saturated carbocycles. The maximum Gasteiger partial charge on any atom is 0.317 e. The molecule has 34 heavy (non-hydrogen) atoms. The maximum atomic E-state index is 14.2. The van der Waals surface area contributed by atoms with E-state index in [2.05, 4.69) is 56.4 Å². The van der Waals surface area contributed by atoms with Gasteiger partial charge in [0.1, 0.15) is 11.7 Å². The van der Waals surface area contributed by atoms with Crippen LogP contribution in [0, 0.1) is 51.8 Å². The van der Waals surface area contributed by atoms with Crippen LogP contribution in [0.4, 0.5) is 0 Å². The Labute approximate surface area is 219 Å². The van der Waals surface area contributed by atoms with Crippen LogP contribution in [-0.4, -0.2) is 36.0 Å². The fourth-order valence-corrected chi connectivity index (χ4v) is 11.0. The Kier molecular flexibility index (Phi) is 6.57. The molecule has 5 aliphatic rings. The van der Waals surface area contributed by atoms with E-state index in [1.165, 1.54) is 38.2 Å². The third-order valence-electron chi connectivity index (χ3n) is 11.2. The van der Waals surface area contributed by atoms with E-state index in [-0.39, 0.29) is 41.3 Å². The first-order chi connectivity index (χ1) is 16.3. The first-order valence-corrected chi connectivity index (χ1v) is 15.3. The molecule has 0 aromatic heterocycles. The molecule has 10 atom stereocenters. The van der Waals surface area contributed by atoms with Crippen LogP contribution in [0.1, 0.15) is 79.1 Å². The van der Waals surface area contributed by atoms with Gasteiger partial charge < -0.3 is 14.3 Å². The van der Waals surface area contributed by atoms with Gasteiger partial charge in [0, 0.05) is 9.84 Å². The Hall–Kier alpha value is -0.430. The molecule has 0 N–H and O–H groups in total. The van der Waals surface area contributed by atoms with E-state index in [1.807, 2.05) is 0 Å². The average molecular weight is 583 g/mol. The molecule has 4 aliphatic carbocycles. The fraction of sp³-hybridized carbons (Fsp3) is 0.862. The van der Waals surface area contributed by atoms with Crippen molar-refractivity contribution in [1.29, 1.82) is 0 Å². The van der Waals surface area contributed by atoms with E-state index in [4.69, 9.17) is 9.47 Å². The van der Waals surface area contributed by atoms with Crippen molar-refractivity contribution in [2.45, 2.75) is 91.3 Å². The highest BCUT2D eigenvalue weighted by atomic mass is 127. The van der Waals surface area contributed by atoms with Gasteiger partial charge in [-0.1, -0.05) is 81.2 Å². The summed E-state index contributed by atoms with van der Waals surface area (Å²) >= 11 is 2.48. The summed E-state index contributed by atoms with van der Waals surface area (Å²) in [6, 6.07) is 0. The summed E-state index contributed by atoms with van der Waals surface area (Å²) in [5, 5.41) is 0. The molecule has 1 aliphatic heterocycles. The Morgan fingerprint density at radius 1 is 1.32 bits per heavy atom. The first kappa shape index (κ1) is 25.2. The van der Waals surface area contributed by atoms with Crippen LogP contribution in [-0.2, 0) is 19.1 Å². The van der Waals surface area contributed by atoms with Gasteiger partial charge in [0.05, 0.1) is 24.7 Å². The molecule has 7 unspecified atom stereocenters. The number of methoxy groups -OCH3 is 1. The number of fused-ring (bicyclic) bond motifs is 2. The van der Waals surface area contributed by atoms with Crippen LogP contribution >= 0.6 is 22.6 Å². The molecule has 4 fully saturated rings. The van der Waals surface area contributed by atoms with Gasteiger partial charge in [-0.05, 0) is 67.6 Å². The Balaban J connectivity index is 1.70. The number of allylic oxidation sites excluding steroid dienone is 1. The Morgan fingerprint density at radius 2 is 2.09 bits per heavy atom. The zero-order valence-electron chi connectivity index (χ0n) is 21.6. The molecule has 4 nitrogen and oxygen atoms in total. The number of rotatable bonds is 8. The van der Waals surface area contributed by atoms with Crippen molar-refractivity contribution in [3.63, 3.8) is 0 Å². The summed E-state index contributed by atoms with van der Waals surface area (Å²) in [6.45, 7) is 9.02.